The van der Waals surface area contributed by atoms with Gasteiger partial charge >= 0.3 is 17.1 Å². The predicted molar refractivity (Wildman–Crippen MR) is 43.0 cm³/mol. The first-order valence-electron chi connectivity index (χ1n) is 3.33. The van der Waals surface area contributed by atoms with Crippen molar-refractivity contribution in [2.75, 3.05) is 0 Å². The molecule has 0 unspecified atom stereocenters. The van der Waals surface area contributed by atoms with Gasteiger partial charge in [0.15, 0.2) is 0 Å². The topological polar surface area (TPSA) is 0 Å². The molecule has 2 aliphatic rings. The van der Waals surface area contributed by atoms with Crippen LogP contribution in [0.3, 0.4) is 0 Å². The van der Waals surface area contributed by atoms with Crippen LogP contribution >= 0.6 is 0 Å². The largest absolute Gasteiger partial charge is 2.00 e. The molecule has 0 aliphatic heterocycles. The summed E-state index contributed by atoms with van der Waals surface area (Å²) in [4.78, 5) is 0. The van der Waals surface area contributed by atoms with Gasteiger partial charge in [-0.1, -0.05) is 0 Å². The third-order valence-electron chi connectivity index (χ3n) is 1.11. The Hall–Kier alpha value is 0.519. The Labute approximate surface area is 81.6 Å². The molecule has 1 heteroatoms. The molecule has 0 saturated heterocycles. The van der Waals surface area contributed by atoms with E-state index in [0.717, 1.165) is 0 Å². The monoisotopic (exact) mass is 186 g/mol. The van der Waals surface area contributed by atoms with Crippen LogP contribution in [0.5, 0.6) is 0 Å². The summed E-state index contributed by atoms with van der Waals surface area (Å²) in [6.07, 6.45) is 20.0. The number of rotatable bonds is 0. The van der Waals surface area contributed by atoms with E-state index in [2.05, 4.69) is 0 Å². The van der Waals surface area contributed by atoms with Gasteiger partial charge in [-0.25, -0.2) is 0 Å². The van der Waals surface area contributed by atoms with E-state index in [1.165, 1.54) is 0 Å². The zero-order valence-electron chi connectivity index (χ0n) is 6.13. The second-order valence-corrected chi connectivity index (χ2v) is 1.92. The molecule has 0 heterocycles. The molecule has 0 aromatic rings. The fraction of sp³-hybridized carbons (Fsp3) is 0. The molecule has 11 heavy (non-hydrogen) atoms. The molecular formula is C10H10Fe+2. The molecule has 0 aromatic heterocycles. The van der Waals surface area contributed by atoms with Crippen molar-refractivity contribution in [2.45, 2.75) is 0 Å². The maximum absolute atomic E-state index is 2.00. The second kappa shape index (κ2) is 8.61. The summed E-state index contributed by atoms with van der Waals surface area (Å²) in [6, 6.07) is 0. The van der Waals surface area contributed by atoms with Gasteiger partial charge in [0.05, 0.1) is 0 Å². The van der Waals surface area contributed by atoms with E-state index < -0.39 is 0 Å². The summed E-state index contributed by atoms with van der Waals surface area (Å²) in [6.45, 7) is 0. The zero-order chi connectivity index (χ0) is 7.07. The first-order valence-corrected chi connectivity index (χ1v) is 3.33. The standard InChI is InChI=1S/2C5H5.Fe/c2*1-2-4-5-3-1;/h2*1-5H;/q;;+2. The fourth-order valence-corrected chi connectivity index (χ4v) is 0.642. The summed E-state index contributed by atoms with van der Waals surface area (Å²) >= 11 is 0. The molecule has 0 amide bonds. The summed E-state index contributed by atoms with van der Waals surface area (Å²) < 4.78 is 0. The summed E-state index contributed by atoms with van der Waals surface area (Å²) in [7, 11) is 0. The summed E-state index contributed by atoms with van der Waals surface area (Å²) in [5, 5.41) is 0. The van der Waals surface area contributed by atoms with Crippen LogP contribution in [-0.2, 0) is 17.1 Å². The van der Waals surface area contributed by atoms with Gasteiger partial charge in [-0.3, -0.25) is 0 Å². The van der Waals surface area contributed by atoms with Crippen molar-refractivity contribution in [3.63, 3.8) is 0 Å². The van der Waals surface area contributed by atoms with Crippen LogP contribution in [0.2, 0.25) is 0 Å². The molecule has 0 spiro atoms. The minimum Gasteiger partial charge on any atom is -0.0312 e. The number of hydrogen-bond acceptors (Lipinski definition) is 0. The van der Waals surface area contributed by atoms with E-state index in [1.807, 2.05) is 64.2 Å². The van der Waals surface area contributed by atoms with Gasteiger partial charge in [-0.05, 0) is 64.2 Å². The number of hydrogen-bond donors (Lipinski definition) is 0. The minimum absolute atomic E-state index is 0. The van der Waals surface area contributed by atoms with Gasteiger partial charge in [-0.2, -0.15) is 0 Å². The van der Waals surface area contributed by atoms with E-state index in [1.54, 1.807) is 0 Å². The molecule has 2 saturated carbocycles. The third kappa shape index (κ3) is 6.90. The molecule has 2 aliphatic carbocycles. The summed E-state index contributed by atoms with van der Waals surface area (Å²) in [5.74, 6) is 0. The average Bonchev–Trinajstić information content (AvgIpc) is 2.67. The van der Waals surface area contributed by atoms with E-state index >= 15 is 0 Å². The molecule has 2 rings (SSSR count). The Balaban J connectivity index is 0.000000167. The zero-order valence-corrected chi connectivity index (χ0v) is 7.23. The molecule has 56 valence electrons. The average molecular weight is 186 g/mol. The van der Waals surface area contributed by atoms with Gasteiger partial charge in [0.1, 0.15) is 0 Å². The van der Waals surface area contributed by atoms with E-state index in [4.69, 9.17) is 0 Å². The van der Waals surface area contributed by atoms with Crippen LogP contribution < -0.4 is 0 Å². The van der Waals surface area contributed by atoms with Crippen molar-refractivity contribution in [3.8, 4) is 0 Å². The van der Waals surface area contributed by atoms with Gasteiger partial charge in [0.2, 0.25) is 0 Å². The van der Waals surface area contributed by atoms with Crippen molar-refractivity contribution < 1.29 is 17.1 Å². The van der Waals surface area contributed by atoms with Gasteiger partial charge < -0.3 is 0 Å². The van der Waals surface area contributed by atoms with Crippen molar-refractivity contribution in [3.05, 3.63) is 64.2 Å². The van der Waals surface area contributed by atoms with Gasteiger partial charge in [0.25, 0.3) is 0 Å². The van der Waals surface area contributed by atoms with Crippen LogP contribution in [0.25, 0.3) is 0 Å². The molecule has 2 fully saturated rings. The first kappa shape index (κ1) is 11.5. The second-order valence-electron chi connectivity index (χ2n) is 1.92. The SMILES string of the molecule is [CH]1[CH][CH][CH][CH]1.[CH]1[CH][CH][CH][CH]1.[Fe+2]. The van der Waals surface area contributed by atoms with E-state index in [0.29, 0.717) is 0 Å². The maximum atomic E-state index is 2.00. The minimum atomic E-state index is 0. The molecule has 0 aromatic carbocycles. The Bertz CT molecular complexity index is 38.1. The predicted octanol–water partition coefficient (Wildman–Crippen LogP) is 2.04. The molecule has 0 N–H and O–H groups in total. The Kier molecular flexibility index (Phi) is 9.02. The van der Waals surface area contributed by atoms with Crippen molar-refractivity contribution in [1.82, 2.24) is 0 Å². The van der Waals surface area contributed by atoms with Gasteiger partial charge in [0, 0.05) is 0 Å². The molecular weight excluding hydrogens is 176 g/mol. The Morgan fingerprint density at radius 2 is 0.364 bits per heavy atom. The van der Waals surface area contributed by atoms with Crippen LogP contribution in [0.15, 0.2) is 0 Å². The normalized spacial score (nSPS) is 21.8. The first-order chi connectivity index (χ1) is 5.00. The van der Waals surface area contributed by atoms with Gasteiger partial charge in [-0.15, -0.1) is 0 Å². The molecule has 10 radical (unpaired) electrons. The van der Waals surface area contributed by atoms with Crippen LogP contribution in [0.4, 0.5) is 0 Å². The smallest absolute Gasteiger partial charge is 0.0312 e. The van der Waals surface area contributed by atoms with Crippen LogP contribution in [0, 0.1) is 64.2 Å². The molecule has 0 bridgehead atoms. The van der Waals surface area contributed by atoms with Crippen LogP contribution in [0.1, 0.15) is 0 Å². The van der Waals surface area contributed by atoms with E-state index in [-0.39, 0.29) is 17.1 Å². The van der Waals surface area contributed by atoms with Crippen molar-refractivity contribution in [1.29, 1.82) is 0 Å². The fourth-order valence-electron chi connectivity index (χ4n) is 0.642. The van der Waals surface area contributed by atoms with Crippen molar-refractivity contribution in [2.24, 2.45) is 0 Å². The third-order valence-corrected chi connectivity index (χ3v) is 1.11. The Morgan fingerprint density at radius 1 is 0.273 bits per heavy atom. The Morgan fingerprint density at radius 3 is 0.455 bits per heavy atom. The maximum Gasteiger partial charge on any atom is 2.00 e. The van der Waals surface area contributed by atoms with Crippen molar-refractivity contribution >= 4 is 0 Å². The quantitative estimate of drug-likeness (QED) is 0.508. The molecule has 0 atom stereocenters. The van der Waals surface area contributed by atoms with E-state index in [9.17, 15) is 0 Å². The van der Waals surface area contributed by atoms with Crippen LogP contribution in [-0.4, -0.2) is 0 Å². The molecule has 0 nitrogen and oxygen atoms in total. The summed E-state index contributed by atoms with van der Waals surface area (Å²) in [5.41, 5.74) is 0.